The zero-order valence-electron chi connectivity index (χ0n) is 11.5. The summed E-state index contributed by atoms with van der Waals surface area (Å²) in [6.07, 6.45) is 0.601. The maximum Gasteiger partial charge on any atom is 0.319 e. The lowest BCUT2D eigenvalue weighted by Crippen LogP contribution is -2.32. The first kappa shape index (κ1) is 14.6. The van der Waals surface area contributed by atoms with Gasteiger partial charge >= 0.3 is 6.03 Å². The zero-order valence-corrected chi connectivity index (χ0v) is 12.4. The molecule has 0 unspecified atom stereocenters. The number of rotatable bonds is 6. The first-order chi connectivity index (χ1) is 9.56. The summed E-state index contributed by atoms with van der Waals surface area (Å²) in [5.41, 5.74) is 6.57. The quantitative estimate of drug-likeness (QED) is 0.802. The topological polar surface area (TPSA) is 58.8 Å². The van der Waals surface area contributed by atoms with Crippen LogP contribution in [-0.4, -0.2) is 54.1 Å². The van der Waals surface area contributed by atoms with Gasteiger partial charge in [0.1, 0.15) is 12.4 Å². The number of carbonyl (C=O) groups is 1. The molecule has 1 fully saturated rings. The van der Waals surface area contributed by atoms with Crippen LogP contribution in [0.1, 0.15) is 5.56 Å². The van der Waals surface area contributed by atoms with Crippen LogP contribution in [0.3, 0.4) is 0 Å². The average Bonchev–Trinajstić information content (AvgIpc) is 2.72. The Labute approximate surface area is 124 Å². The third-order valence-electron chi connectivity index (χ3n) is 3.23. The summed E-state index contributed by atoms with van der Waals surface area (Å²) in [5, 5.41) is 0. The van der Waals surface area contributed by atoms with Gasteiger partial charge in [-0.3, -0.25) is 0 Å². The number of ether oxygens (including phenoxy) is 1. The lowest BCUT2D eigenvalue weighted by molar-refractivity contribution is 0.188. The monoisotopic (exact) mass is 293 g/mol. The van der Waals surface area contributed by atoms with Crippen LogP contribution < -0.4 is 10.5 Å². The van der Waals surface area contributed by atoms with Crippen molar-refractivity contribution in [3.8, 4) is 5.75 Å². The lowest BCUT2D eigenvalue weighted by Gasteiger charge is -2.16. The third kappa shape index (κ3) is 3.84. The molecule has 1 heterocycles. The molecule has 1 aliphatic heterocycles. The average molecular weight is 293 g/mol. The number of benzene rings is 1. The van der Waals surface area contributed by atoms with Crippen molar-refractivity contribution in [3.63, 3.8) is 0 Å². The van der Waals surface area contributed by atoms with Crippen LogP contribution in [0.15, 0.2) is 24.3 Å². The molecule has 0 aromatic heterocycles. The van der Waals surface area contributed by atoms with E-state index in [4.69, 9.17) is 22.7 Å². The van der Waals surface area contributed by atoms with E-state index in [2.05, 4.69) is 0 Å². The van der Waals surface area contributed by atoms with Gasteiger partial charge in [-0.05, 0) is 17.7 Å². The van der Waals surface area contributed by atoms with Crippen molar-refractivity contribution in [3.05, 3.63) is 29.8 Å². The van der Waals surface area contributed by atoms with E-state index in [0.717, 1.165) is 24.4 Å². The van der Waals surface area contributed by atoms with Gasteiger partial charge in [-0.25, -0.2) is 4.79 Å². The van der Waals surface area contributed by atoms with E-state index in [0.29, 0.717) is 24.6 Å². The zero-order chi connectivity index (χ0) is 14.5. The first-order valence-corrected chi connectivity index (χ1v) is 6.97. The number of urea groups is 1. The molecule has 5 nitrogen and oxygen atoms in total. The minimum atomic E-state index is 0.0698. The lowest BCUT2D eigenvalue weighted by atomic mass is 10.1. The van der Waals surface area contributed by atoms with Crippen molar-refractivity contribution in [1.29, 1.82) is 0 Å². The summed E-state index contributed by atoms with van der Waals surface area (Å²) in [4.78, 5) is 15.7. The highest BCUT2D eigenvalue weighted by atomic mass is 32.1. The molecule has 0 aliphatic carbocycles. The molecule has 1 aliphatic rings. The Bertz CT molecular complexity index is 490. The van der Waals surface area contributed by atoms with E-state index >= 15 is 0 Å². The molecule has 0 radical (unpaired) electrons. The van der Waals surface area contributed by atoms with Crippen molar-refractivity contribution in [1.82, 2.24) is 9.80 Å². The van der Waals surface area contributed by atoms with Crippen LogP contribution >= 0.6 is 12.2 Å². The molecule has 6 heteroatoms. The van der Waals surface area contributed by atoms with Crippen molar-refractivity contribution in [2.75, 3.05) is 33.3 Å². The molecule has 108 valence electrons. The van der Waals surface area contributed by atoms with Gasteiger partial charge in [0.15, 0.2) is 0 Å². The number of amides is 2. The maximum absolute atomic E-state index is 11.7. The molecular formula is C14H19N3O2S. The smallest absolute Gasteiger partial charge is 0.319 e. The van der Waals surface area contributed by atoms with Crippen LogP contribution in [-0.2, 0) is 6.42 Å². The summed E-state index contributed by atoms with van der Waals surface area (Å²) in [6, 6.07) is 7.75. The summed E-state index contributed by atoms with van der Waals surface area (Å²) in [5.74, 6) is 0.789. The fraction of sp³-hybridized carbons (Fsp3) is 0.429. The largest absolute Gasteiger partial charge is 0.492 e. The Kier molecular flexibility index (Phi) is 4.79. The van der Waals surface area contributed by atoms with Gasteiger partial charge in [0.05, 0.1) is 11.5 Å². The van der Waals surface area contributed by atoms with Gasteiger partial charge in [0, 0.05) is 26.6 Å². The minimum absolute atomic E-state index is 0.0698. The van der Waals surface area contributed by atoms with E-state index in [-0.39, 0.29) is 6.03 Å². The van der Waals surface area contributed by atoms with E-state index in [1.54, 1.807) is 9.80 Å². The van der Waals surface area contributed by atoms with Gasteiger partial charge in [-0.1, -0.05) is 24.4 Å². The van der Waals surface area contributed by atoms with Gasteiger partial charge < -0.3 is 20.3 Å². The fourth-order valence-corrected chi connectivity index (χ4v) is 2.26. The molecular weight excluding hydrogens is 274 g/mol. The first-order valence-electron chi connectivity index (χ1n) is 6.56. The second-order valence-corrected chi connectivity index (χ2v) is 5.35. The summed E-state index contributed by atoms with van der Waals surface area (Å²) < 4.78 is 5.63. The van der Waals surface area contributed by atoms with E-state index in [9.17, 15) is 4.79 Å². The molecule has 2 rings (SSSR count). The highest BCUT2D eigenvalue weighted by Gasteiger charge is 2.24. The molecule has 2 N–H and O–H groups in total. The number of carbonyl (C=O) groups excluding carboxylic acids is 1. The molecule has 0 bridgehead atoms. The normalized spacial score (nSPS) is 14.8. The molecule has 20 heavy (non-hydrogen) atoms. The highest BCUT2D eigenvalue weighted by Crippen LogP contribution is 2.13. The maximum atomic E-state index is 11.7. The van der Waals surface area contributed by atoms with E-state index in [1.807, 2.05) is 31.3 Å². The van der Waals surface area contributed by atoms with Crippen LogP contribution in [0, 0.1) is 0 Å². The molecule has 1 aromatic carbocycles. The summed E-state index contributed by atoms with van der Waals surface area (Å²) in [7, 11) is 1.81. The number of likely N-dealkylation sites (N-methyl/N-ethyl adjacent to an activating group) is 1. The molecule has 1 aromatic rings. The standard InChI is InChI=1S/C14H19N3O2S/c1-16-6-7-17(14(16)18)8-9-19-12-4-2-11(3-5-12)10-13(15)20/h2-5H,6-10H2,1H3,(H2,15,20). The number of nitrogens with two attached hydrogens (primary N) is 1. The van der Waals surface area contributed by atoms with Crippen molar-refractivity contribution in [2.45, 2.75) is 6.42 Å². The SMILES string of the molecule is CN1CCN(CCOc2ccc(CC(N)=S)cc2)C1=O. The Hall–Kier alpha value is -1.82. The summed E-state index contributed by atoms with van der Waals surface area (Å²) >= 11 is 4.87. The number of hydrogen-bond acceptors (Lipinski definition) is 3. The van der Waals surface area contributed by atoms with Crippen molar-refractivity contribution >= 4 is 23.2 Å². The Morgan fingerprint density at radius 3 is 2.60 bits per heavy atom. The molecule has 0 spiro atoms. The second kappa shape index (κ2) is 6.56. The third-order valence-corrected chi connectivity index (χ3v) is 3.38. The second-order valence-electron chi connectivity index (χ2n) is 4.83. The number of thiocarbonyl (C=S) groups is 1. The van der Waals surface area contributed by atoms with Crippen LogP contribution in [0.25, 0.3) is 0 Å². The number of hydrogen-bond donors (Lipinski definition) is 1. The molecule has 1 saturated heterocycles. The Morgan fingerprint density at radius 2 is 2.05 bits per heavy atom. The van der Waals surface area contributed by atoms with Gasteiger partial charge in [-0.2, -0.15) is 0 Å². The van der Waals surface area contributed by atoms with Gasteiger partial charge in [0.2, 0.25) is 0 Å². The van der Waals surface area contributed by atoms with Crippen LogP contribution in [0.2, 0.25) is 0 Å². The van der Waals surface area contributed by atoms with E-state index in [1.165, 1.54) is 0 Å². The van der Waals surface area contributed by atoms with Crippen LogP contribution in [0.4, 0.5) is 4.79 Å². The molecule has 0 saturated carbocycles. The molecule has 0 atom stereocenters. The summed E-state index contributed by atoms with van der Waals surface area (Å²) in [6.45, 7) is 2.66. The minimum Gasteiger partial charge on any atom is -0.492 e. The Morgan fingerprint density at radius 1 is 1.35 bits per heavy atom. The molecule has 2 amide bonds. The van der Waals surface area contributed by atoms with Crippen molar-refractivity contribution < 1.29 is 9.53 Å². The van der Waals surface area contributed by atoms with Crippen molar-refractivity contribution in [2.24, 2.45) is 5.73 Å². The predicted molar refractivity (Wildman–Crippen MR) is 82.0 cm³/mol. The fourth-order valence-electron chi connectivity index (χ4n) is 2.09. The van der Waals surface area contributed by atoms with E-state index < -0.39 is 0 Å². The number of nitrogens with zero attached hydrogens (tertiary/aromatic N) is 2. The Balaban J connectivity index is 1.77. The van der Waals surface area contributed by atoms with Gasteiger partial charge in [0.25, 0.3) is 0 Å². The van der Waals surface area contributed by atoms with Crippen LogP contribution in [0.5, 0.6) is 5.75 Å². The van der Waals surface area contributed by atoms with Gasteiger partial charge in [-0.15, -0.1) is 0 Å². The predicted octanol–water partition coefficient (Wildman–Crippen LogP) is 1.26. The highest BCUT2D eigenvalue weighted by molar-refractivity contribution is 7.80.